The number of fused-ring (bicyclic) bond motifs is 1. The second-order valence-electron chi connectivity index (χ2n) is 5.71. The lowest BCUT2D eigenvalue weighted by atomic mass is 10.2. The number of benzene rings is 1. The summed E-state index contributed by atoms with van der Waals surface area (Å²) in [7, 11) is 0. The number of para-hydroxylation sites is 1. The van der Waals surface area contributed by atoms with Crippen molar-refractivity contribution >= 4 is 28.8 Å². The van der Waals surface area contributed by atoms with E-state index in [1.807, 2.05) is 24.3 Å². The van der Waals surface area contributed by atoms with Gasteiger partial charge in [0, 0.05) is 24.6 Å². The van der Waals surface area contributed by atoms with E-state index in [-0.39, 0.29) is 18.4 Å². The number of hydrogen-bond acceptors (Lipinski definition) is 6. The molecule has 0 saturated carbocycles. The van der Waals surface area contributed by atoms with Gasteiger partial charge in [-0.2, -0.15) is 0 Å². The van der Waals surface area contributed by atoms with Crippen molar-refractivity contribution in [2.24, 2.45) is 0 Å². The highest BCUT2D eigenvalue weighted by Gasteiger charge is 2.24. The Hall–Kier alpha value is -3.13. The van der Waals surface area contributed by atoms with Gasteiger partial charge in [0.1, 0.15) is 4.88 Å². The maximum absolute atomic E-state index is 12.4. The van der Waals surface area contributed by atoms with Gasteiger partial charge in [-0.05, 0) is 24.1 Å². The molecule has 0 aliphatic carbocycles. The molecular weight excluding hydrogens is 350 g/mol. The van der Waals surface area contributed by atoms with Gasteiger partial charge in [-0.3, -0.25) is 9.59 Å². The summed E-state index contributed by atoms with van der Waals surface area (Å²) in [4.78, 5) is 39.3. The highest BCUT2D eigenvalue weighted by molar-refractivity contribution is 7.16. The zero-order chi connectivity index (χ0) is 17.9. The molecule has 8 heteroatoms. The maximum Gasteiger partial charge on any atom is 0.263 e. The number of nitrogens with one attached hydrogen (secondary N) is 1. The van der Waals surface area contributed by atoms with Crippen molar-refractivity contribution in [2.45, 2.75) is 6.42 Å². The lowest BCUT2D eigenvalue weighted by Crippen LogP contribution is -2.39. The number of carbonyl (C=O) groups is 2. The van der Waals surface area contributed by atoms with Crippen LogP contribution in [0.25, 0.3) is 10.8 Å². The van der Waals surface area contributed by atoms with Crippen LogP contribution in [0.2, 0.25) is 0 Å². The molecule has 0 spiro atoms. The average molecular weight is 365 g/mol. The minimum absolute atomic E-state index is 0.0533. The topological polar surface area (TPSA) is 88.1 Å². The smallest absolute Gasteiger partial charge is 0.263 e. The van der Waals surface area contributed by atoms with Crippen LogP contribution in [0.15, 0.2) is 48.9 Å². The number of carbonyl (C=O) groups excluding carboxylic acids is 2. The quantitative estimate of drug-likeness (QED) is 0.763. The molecule has 0 atom stereocenters. The molecule has 0 saturated heterocycles. The summed E-state index contributed by atoms with van der Waals surface area (Å²) >= 11 is 1.19. The van der Waals surface area contributed by atoms with Crippen molar-refractivity contribution in [1.29, 1.82) is 0 Å². The molecule has 7 nitrogen and oxygen atoms in total. The first-order valence-corrected chi connectivity index (χ1v) is 8.94. The maximum atomic E-state index is 12.4. The van der Waals surface area contributed by atoms with Crippen molar-refractivity contribution in [3.63, 3.8) is 0 Å². The zero-order valence-electron chi connectivity index (χ0n) is 13.8. The van der Waals surface area contributed by atoms with Crippen LogP contribution < -0.4 is 10.2 Å². The van der Waals surface area contributed by atoms with Crippen molar-refractivity contribution < 1.29 is 9.59 Å². The standard InChI is InChI=1S/C18H15N5O2S/c24-15(23-9-6-12-4-1-2-5-13(12)23)11-21-17(25)14-10-22-18(26-14)16-19-7-3-8-20-16/h1-5,7-8,10H,6,9,11H2,(H,21,25). The van der Waals surface area contributed by atoms with Crippen LogP contribution in [0, 0.1) is 0 Å². The van der Waals surface area contributed by atoms with Gasteiger partial charge in [-0.25, -0.2) is 15.0 Å². The number of hydrogen-bond donors (Lipinski definition) is 1. The lowest BCUT2D eigenvalue weighted by molar-refractivity contribution is -0.117. The van der Waals surface area contributed by atoms with Gasteiger partial charge >= 0.3 is 0 Å². The van der Waals surface area contributed by atoms with E-state index in [9.17, 15) is 9.59 Å². The van der Waals surface area contributed by atoms with E-state index in [1.165, 1.54) is 17.5 Å². The molecule has 1 aromatic carbocycles. The van der Waals surface area contributed by atoms with Crippen LogP contribution in [0.5, 0.6) is 0 Å². The van der Waals surface area contributed by atoms with Gasteiger partial charge in [-0.1, -0.05) is 18.2 Å². The predicted octanol–water partition coefficient (Wildman–Crippen LogP) is 1.92. The molecule has 0 fully saturated rings. The molecular formula is C18H15N5O2S. The van der Waals surface area contributed by atoms with Crippen LogP contribution in [0.4, 0.5) is 5.69 Å². The van der Waals surface area contributed by atoms with Crippen molar-refractivity contribution in [2.75, 3.05) is 18.0 Å². The molecule has 1 aliphatic heterocycles. The van der Waals surface area contributed by atoms with Crippen molar-refractivity contribution in [3.8, 4) is 10.8 Å². The molecule has 4 rings (SSSR count). The Morgan fingerprint density at radius 2 is 1.92 bits per heavy atom. The monoisotopic (exact) mass is 365 g/mol. The largest absolute Gasteiger partial charge is 0.342 e. The number of rotatable bonds is 4. The van der Waals surface area contributed by atoms with Crippen LogP contribution in [0.3, 0.4) is 0 Å². The van der Waals surface area contributed by atoms with E-state index in [2.05, 4.69) is 20.3 Å². The second-order valence-corrected chi connectivity index (χ2v) is 6.74. The summed E-state index contributed by atoms with van der Waals surface area (Å²) in [5.74, 6) is 0.0197. The minimum atomic E-state index is -0.328. The molecule has 130 valence electrons. The molecule has 1 aliphatic rings. The van der Waals surface area contributed by atoms with E-state index in [1.54, 1.807) is 23.4 Å². The molecule has 0 unspecified atom stereocenters. The van der Waals surface area contributed by atoms with Gasteiger partial charge in [0.25, 0.3) is 5.91 Å². The minimum Gasteiger partial charge on any atom is -0.342 e. The number of thiazole rings is 1. The fourth-order valence-corrected chi connectivity index (χ4v) is 3.61. The Balaban J connectivity index is 1.39. The molecule has 3 aromatic rings. The van der Waals surface area contributed by atoms with Gasteiger partial charge in [0.05, 0.1) is 12.7 Å². The SMILES string of the molecule is O=C(NCC(=O)N1CCc2ccccc21)c1cnc(-c2ncccn2)s1. The van der Waals surface area contributed by atoms with E-state index >= 15 is 0 Å². The highest BCUT2D eigenvalue weighted by Crippen LogP contribution is 2.27. The Morgan fingerprint density at radius 3 is 2.77 bits per heavy atom. The summed E-state index contributed by atoms with van der Waals surface area (Å²) in [6.45, 7) is 0.590. The van der Waals surface area contributed by atoms with Crippen molar-refractivity contribution in [1.82, 2.24) is 20.3 Å². The summed E-state index contributed by atoms with van der Waals surface area (Å²) in [6, 6.07) is 9.54. The Labute approximate surface area is 153 Å². The predicted molar refractivity (Wildman–Crippen MR) is 98.0 cm³/mol. The van der Waals surface area contributed by atoms with E-state index in [0.717, 1.165) is 17.7 Å². The van der Waals surface area contributed by atoms with Crippen LogP contribution >= 0.6 is 11.3 Å². The summed E-state index contributed by atoms with van der Waals surface area (Å²) in [6.07, 6.45) is 5.55. The summed E-state index contributed by atoms with van der Waals surface area (Å²) in [5.41, 5.74) is 2.08. The third-order valence-corrected chi connectivity index (χ3v) is 5.07. The fourth-order valence-electron chi connectivity index (χ4n) is 2.83. The lowest BCUT2D eigenvalue weighted by Gasteiger charge is -2.17. The number of anilines is 1. The molecule has 1 N–H and O–H groups in total. The first-order chi connectivity index (χ1) is 12.7. The molecule has 0 radical (unpaired) electrons. The summed E-state index contributed by atoms with van der Waals surface area (Å²) in [5, 5.41) is 3.24. The highest BCUT2D eigenvalue weighted by atomic mass is 32.1. The second kappa shape index (κ2) is 7.01. The molecule has 26 heavy (non-hydrogen) atoms. The third kappa shape index (κ3) is 3.18. The van der Waals surface area contributed by atoms with Gasteiger partial charge in [0.15, 0.2) is 10.8 Å². The normalized spacial score (nSPS) is 12.7. The fraction of sp³-hybridized carbons (Fsp3) is 0.167. The van der Waals surface area contributed by atoms with Crippen LogP contribution in [0.1, 0.15) is 15.2 Å². The molecule has 2 amide bonds. The van der Waals surface area contributed by atoms with Gasteiger partial charge in [-0.15, -0.1) is 11.3 Å². The van der Waals surface area contributed by atoms with E-state index in [0.29, 0.717) is 22.3 Å². The van der Waals surface area contributed by atoms with Crippen LogP contribution in [-0.4, -0.2) is 39.9 Å². The molecule has 3 heterocycles. The Bertz CT molecular complexity index is 957. The van der Waals surface area contributed by atoms with Crippen LogP contribution in [-0.2, 0) is 11.2 Å². The molecule has 0 bridgehead atoms. The third-order valence-electron chi connectivity index (χ3n) is 4.07. The number of amides is 2. The Kier molecular flexibility index (Phi) is 4.40. The first-order valence-electron chi connectivity index (χ1n) is 8.12. The van der Waals surface area contributed by atoms with Gasteiger partial charge in [0.2, 0.25) is 5.91 Å². The first kappa shape index (κ1) is 16.3. The van der Waals surface area contributed by atoms with E-state index in [4.69, 9.17) is 0 Å². The number of aromatic nitrogens is 3. The summed E-state index contributed by atoms with van der Waals surface area (Å²) < 4.78 is 0. The average Bonchev–Trinajstić information content (AvgIpc) is 3.34. The molecule has 2 aromatic heterocycles. The van der Waals surface area contributed by atoms with Crippen molar-refractivity contribution in [3.05, 3.63) is 59.4 Å². The number of nitrogens with zero attached hydrogens (tertiary/aromatic N) is 4. The zero-order valence-corrected chi connectivity index (χ0v) is 14.6. The van der Waals surface area contributed by atoms with Gasteiger partial charge < -0.3 is 10.2 Å². The Morgan fingerprint density at radius 1 is 1.12 bits per heavy atom. The van der Waals surface area contributed by atoms with E-state index < -0.39 is 0 Å².